The van der Waals surface area contributed by atoms with E-state index in [9.17, 15) is 22.8 Å². The molecule has 1 aromatic rings. The highest BCUT2D eigenvalue weighted by atomic mass is 32.2. The summed E-state index contributed by atoms with van der Waals surface area (Å²) in [5, 5.41) is 8.87. The fraction of sp³-hybridized carbons (Fsp3) is 0.545. The lowest BCUT2D eigenvalue weighted by Crippen LogP contribution is -2.42. The van der Waals surface area contributed by atoms with Crippen LogP contribution < -0.4 is 16.0 Å². The molecule has 0 aliphatic rings. The van der Waals surface area contributed by atoms with Crippen LogP contribution in [-0.2, 0) is 28.9 Å². The van der Waals surface area contributed by atoms with Crippen molar-refractivity contribution in [1.29, 1.82) is 0 Å². The summed E-state index contributed by atoms with van der Waals surface area (Å²) in [6.07, 6.45) is 1.15. The first kappa shape index (κ1) is 17.1. The van der Waals surface area contributed by atoms with Crippen LogP contribution in [0.5, 0.6) is 0 Å². The molecule has 0 aromatic carbocycles. The highest BCUT2D eigenvalue weighted by Crippen LogP contribution is 2.05. The molecular formula is C11H17N3O6S. The quantitative estimate of drug-likeness (QED) is 0.655. The molecule has 0 aliphatic carbocycles. The molecule has 0 radical (unpaired) electrons. The number of aryl methyl sites for hydroxylation is 1. The predicted molar refractivity (Wildman–Crippen MR) is 73.5 cm³/mol. The summed E-state index contributed by atoms with van der Waals surface area (Å²) in [5.41, 5.74) is -1.62. The van der Waals surface area contributed by atoms with Crippen molar-refractivity contribution in [2.24, 2.45) is 20.0 Å². The van der Waals surface area contributed by atoms with Gasteiger partial charge in [0, 0.05) is 26.8 Å². The maximum atomic E-state index is 12.1. The third-order valence-corrected chi connectivity index (χ3v) is 4.47. The second kappa shape index (κ2) is 6.22. The fourth-order valence-electron chi connectivity index (χ4n) is 1.65. The molecule has 118 valence electrons. The van der Waals surface area contributed by atoms with Gasteiger partial charge < -0.3 is 9.67 Å². The molecule has 1 rings (SSSR count). The summed E-state index contributed by atoms with van der Waals surface area (Å²) < 4.78 is 27.9. The van der Waals surface area contributed by atoms with Gasteiger partial charge in [-0.2, -0.15) is 0 Å². The minimum Gasteiger partial charge on any atom is -0.481 e. The number of aliphatic carboxylic acids is 1. The minimum atomic E-state index is -4.20. The van der Waals surface area contributed by atoms with Crippen LogP contribution in [0, 0.1) is 5.92 Å². The Morgan fingerprint density at radius 2 is 1.95 bits per heavy atom. The van der Waals surface area contributed by atoms with E-state index >= 15 is 0 Å². The minimum absolute atomic E-state index is 0.239. The van der Waals surface area contributed by atoms with E-state index in [2.05, 4.69) is 4.72 Å². The predicted octanol–water partition coefficient (Wildman–Crippen LogP) is -1.53. The second-order valence-corrected chi connectivity index (χ2v) is 6.28. The molecule has 2 N–H and O–H groups in total. The van der Waals surface area contributed by atoms with Crippen molar-refractivity contribution in [1.82, 2.24) is 13.9 Å². The lowest BCUT2D eigenvalue weighted by molar-refractivity contribution is -0.141. The number of rotatable bonds is 6. The van der Waals surface area contributed by atoms with Gasteiger partial charge in [0.1, 0.15) is 0 Å². The maximum absolute atomic E-state index is 12.1. The van der Waals surface area contributed by atoms with Crippen LogP contribution in [0.4, 0.5) is 0 Å². The molecule has 1 atom stereocenters. The monoisotopic (exact) mass is 319 g/mol. The summed E-state index contributed by atoms with van der Waals surface area (Å²) in [5.74, 6) is -2.02. The van der Waals surface area contributed by atoms with Crippen LogP contribution in [0.3, 0.4) is 0 Å². The first-order chi connectivity index (χ1) is 9.61. The number of nitrogens with one attached hydrogen (secondary N) is 1. The van der Waals surface area contributed by atoms with Crippen LogP contribution >= 0.6 is 0 Å². The smallest absolute Gasteiger partial charge is 0.330 e. The molecule has 1 heterocycles. The van der Waals surface area contributed by atoms with Gasteiger partial charge in [-0.1, -0.05) is 6.92 Å². The molecule has 0 amide bonds. The van der Waals surface area contributed by atoms with Crippen molar-refractivity contribution in [2.45, 2.75) is 18.2 Å². The molecule has 1 aromatic heterocycles. The Morgan fingerprint density at radius 1 is 1.38 bits per heavy atom. The summed E-state index contributed by atoms with van der Waals surface area (Å²) in [6.45, 7) is 1.28. The standard InChI is InChI=1S/C11H17N3O6S/c1-4-7(10(16)17)5-12-21(19,20)8-6-13(2)11(18)14(3)9(8)15/h6-7,12H,4-5H2,1-3H3,(H,16,17). The molecular weight excluding hydrogens is 302 g/mol. The van der Waals surface area contributed by atoms with E-state index in [0.717, 1.165) is 17.8 Å². The van der Waals surface area contributed by atoms with Gasteiger partial charge in [0.15, 0.2) is 4.90 Å². The van der Waals surface area contributed by atoms with E-state index in [0.29, 0.717) is 4.57 Å². The van der Waals surface area contributed by atoms with Gasteiger partial charge in [-0.3, -0.25) is 14.2 Å². The zero-order valence-corrected chi connectivity index (χ0v) is 12.7. The molecule has 0 saturated heterocycles. The van der Waals surface area contributed by atoms with E-state index in [1.165, 1.54) is 7.05 Å². The zero-order chi connectivity index (χ0) is 16.4. The Bertz CT molecular complexity index is 761. The molecule has 0 spiro atoms. The van der Waals surface area contributed by atoms with Gasteiger partial charge in [0.25, 0.3) is 5.56 Å². The van der Waals surface area contributed by atoms with E-state index in [4.69, 9.17) is 5.11 Å². The normalized spacial score (nSPS) is 13.1. The summed E-state index contributed by atoms with van der Waals surface area (Å²) in [6, 6.07) is 0. The van der Waals surface area contributed by atoms with Crippen LogP contribution in [0.15, 0.2) is 20.7 Å². The lowest BCUT2D eigenvalue weighted by Gasteiger charge is -2.12. The number of sulfonamides is 1. The van der Waals surface area contributed by atoms with Gasteiger partial charge >= 0.3 is 11.7 Å². The Balaban J connectivity index is 3.19. The highest BCUT2D eigenvalue weighted by Gasteiger charge is 2.24. The number of hydrogen-bond donors (Lipinski definition) is 2. The highest BCUT2D eigenvalue weighted by molar-refractivity contribution is 7.89. The van der Waals surface area contributed by atoms with Crippen molar-refractivity contribution in [3.8, 4) is 0 Å². The van der Waals surface area contributed by atoms with Crippen LogP contribution in [-0.4, -0.2) is 35.2 Å². The van der Waals surface area contributed by atoms with Crippen LogP contribution in [0.25, 0.3) is 0 Å². The number of carbonyl (C=O) groups is 1. The number of carboxylic acid groups (broad SMARTS) is 1. The van der Waals surface area contributed by atoms with E-state index < -0.39 is 38.1 Å². The molecule has 0 bridgehead atoms. The van der Waals surface area contributed by atoms with Gasteiger partial charge in [0.05, 0.1) is 5.92 Å². The number of hydrogen-bond acceptors (Lipinski definition) is 5. The Morgan fingerprint density at radius 3 is 2.43 bits per heavy atom. The number of nitrogens with zero attached hydrogens (tertiary/aromatic N) is 2. The van der Waals surface area contributed by atoms with Crippen molar-refractivity contribution in [3.63, 3.8) is 0 Å². The SMILES string of the molecule is CCC(CNS(=O)(=O)c1cn(C)c(=O)n(C)c1=O)C(=O)O. The average molecular weight is 319 g/mol. The summed E-state index contributed by atoms with van der Waals surface area (Å²) in [4.78, 5) is 33.6. The first-order valence-corrected chi connectivity index (χ1v) is 7.59. The largest absolute Gasteiger partial charge is 0.481 e. The molecule has 0 aliphatic heterocycles. The number of carboxylic acids is 1. The third-order valence-electron chi connectivity index (χ3n) is 3.07. The second-order valence-electron chi connectivity index (χ2n) is 4.55. The Labute approximate surface area is 120 Å². The molecule has 0 saturated carbocycles. The molecule has 1 unspecified atom stereocenters. The molecule has 21 heavy (non-hydrogen) atoms. The van der Waals surface area contributed by atoms with Gasteiger partial charge in [-0.25, -0.2) is 17.9 Å². The Hall–Kier alpha value is -1.94. The maximum Gasteiger partial charge on any atom is 0.330 e. The van der Waals surface area contributed by atoms with E-state index in [-0.39, 0.29) is 13.0 Å². The van der Waals surface area contributed by atoms with Gasteiger partial charge in [-0.05, 0) is 6.42 Å². The summed E-state index contributed by atoms with van der Waals surface area (Å²) in [7, 11) is -1.72. The fourth-order valence-corrected chi connectivity index (χ4v) is 2.89. The Kier molecular flexibility index (Phi) is 5.07. The lowest BCUT2D eigenvalue weighted by atomic mass is 10.1. The molecule has 0 fully saturated rings. The van der Waals surface area contributed by atoms with Crippen LogP contribution in [0.2, 0.25) is 0 Å². The first-order valence-electron chi connectivity index (χ1n) is 6.11. The molecule has 10 heteroatoms. The average Bonchev–Trinajstić information content (AvgIpc) is 2.40. The van der Waals surface area contributed by atoms with Gasteiger partial charge in [0.2, 0.25) is 10.0 Å². The van der Waals surface area contributed by atoms with Crippen LogP contribution in [0.1, 0.15) is 13.3 Å². The molecule has 9 nitrogen and oxygen atoms in total. The van der Waals surface area contributed by atoms with Crippen molar-refractivity contribution >= 4 is 16.0 Å². The van der Waals surface area contributed by atoms with E-state index in [1.54, 1.807) is 6.92 Å². The third kappa shape index (κ3) is 3.58. The van der Waals surface area contributed by atoms with Gasteiger partial charge in [-0.15, -0.1) is 0 Å². The zero-order valence-electron chi connectivity index (χ0n) is 11.9. The topological polar surface area (TPSA) is 127 Å². The van der Waals surface area contributed by atoms with Crippen molar-refractivity contribution in [3.05, 3.63) is 27.0 Å². The summed E-state index contributed by atoms with van der Waals surface area (Å²) >= 11 is 0. The number of aromatic nitrogens is 2. The van der Waals surface area contributed by atoms with E-state index in [1.807, 2.05) is 0 Å². The van der Waals surface area contributed by atoms with Crippen molar-refractivity contribution < 1.29 is 18.3 Å². The van der Waals surface area contributed by atoms with Crippen molar-refractivity contribution in [2.75, 3.05) is 6.54 Å².